The molecule has 1 fully saturated rings. The molecule has 4 aromatic rings. The lowest BCUT2D eigenvalue weighted by atomic mass is 9.93. The molecule has 0 aliphatic carbocycles. The number of aliphatic hydroxyl groups is 1. The predicted molar refractivity (Wildman–Crippen MR) is 168 cm³/mol. The number of hydrogen-bond donors (Lipinski definition) is 2. The van der Waals surface area contributed by atoms with Gasteiger partial charge in [-0.2, -0.15) is 0 Å². The van der Waals surface area contributed by atoms with Crippen LogP contribution in [-0.4, -0.2) is 72.3 Å². The number of fused-ring (bicyclic) bond motifs is 3. The summed E-state index contributed by atoms with van der Waals surface area (Å²) in [6, 6.07) is 22.2. The van der Waals surface area contributed by atoms with E-state index in [-0.39, 0.29) is 12.1 Å². The van der Waals surface area contributed by atoms with Gasteiger partial charge in [0.15, 0.2) is 0 Å². The van der Waals surface area contributed by atoms with Gasteiger partial charge < -0.3 is 24.5 Å². The van der Waals surface area contributed by atoms with Crippen LogP contribution >= 0.6 is 11.6 Å². The molecule has 3 heterocycles. The van der Waals surface area contributed by atoms with Gasteiger partial charge in [0.05, 0.1) is 18.8 Å². The summed E-state index contributed by atoms with van der Waals surface area (Å²) in [5.41, 5.74) is 6.24. The Bertz CT molecular complexity index is 1450. The first-order chi connectivity index (χ1) is 20.4. The van der Waals surface area contributed by atoms with E-state index in [1.54, 1.807) is 12.1 Å². The molecule has 1 atom stereocenters. The highest BCUT2D eigenvalue weighted by molar-refractivity contribution is 6.31. The molecule has 0 bridgehead atoms. The van der Waals surface area contributed by atoms with Gasteiger partial charge in [0.2, 0.25) is 0 Å². The summed E-state index contributed by atoms with van der Waals surface area (Å²) in [4.78, 5) is 18.3. The summed E-state index contributed by atoms with van der Waals surface area (Å²) >= 11 is 6.27. The van der Waals surface area contributed by atoms with Crippen molar-refractivity contribution in [2.45, 2.75) is 44.8 Å². The Morgan fingerprint density at radius 3 is 2.43 bits per heavy atom. The number of nitrogens with one attached hydrogen (secondary N) is 1. The molecule has 6 rings (SSSR count). The third-order valence-electron chi connectivity index (χ3n) is 8.18. The highest BCUT2D eigenvalue weighted by Crippen LogP contribution is 2.38. The Kier molecular flexibility index (Phi) is 10.2. The maximum atomic E-state index is 9.84. The SMILES string of the molecule is CN1CCc2c([nH]c3ccc(Cl)cc23)C1c1ccc(OCCCN2CCC(O)CC2)cc1.Cc1ccc(OC=O)cc1. The van der Waals surface area contributed by atoms with Gasteiger partial charge in [-0.1, -0.05) is 41.4 Å². The molecular weight excluding hydrogens is 550 g/mol. The molecule has 7 nitrogen and oxygen atoms in total. The minimum absolute atomic E-state index is 0.109. The summed E-state index contributed by atoms with van der Waals surface area (Å²) in [6.45, 7) is 7.15. The molecule has 0 spiro atoms. The lowest BCUT2D eigenvalue weighted by Gasteiger charge is -2.33. The second-order valence-electron chi connectivity index (χ2n) is 11.2. The van der Waals surface area contributed by atoms with Crippen molar-refractivity contribution in [1.29, 1.82) is 0 Å². The van der Waals surface area contributed by atoms with E-state index in [2.05, 4.69) is 63.0 Å². The first-order valence-electron chi connectivity index (χ1n) is 14.7. The standard InChI is InChI=1S/C26H32ClN3O2.C8H8O2/c1-29-13-11-22-23-17-19(27)5-8-24(23)28-25(22)26(29)18-3-6-21(7-4-18)32-16-2-12-30-14-9-20(31)10-15-30;1-7-2-4-8(5-3-7)10-6-9/h3-8,17,20,26,28,31H,2,9-16H2,1H3;2-6H,1H3. The number of carbonyl (C=O) groups is 1. The quantitative estimate of drug-likeness (QED) is 0.189. The summed E-state index contributed by atoms with van der Waals surface area (Å²) in [6.07, 6.45) is 3.71. The largest absolute Gasteiger partial charge is 0.494 e. The number of aromatic nitrogens is 1. The van der Waals surface area contributed by atoms with E-state index in [1.165, 1.54) is 22.2 Å². The maximum Gasteiger partial charge on any atom is 0.298 e. The lowest BCUT2D eigenvalue weighted by molar-refractivity contribution is -0.120. The van der Waals surface area contributed by atoms with E-state index in [0.29, 0.717) is 18.8 Å². The zero-order valence-electron chi connectivity index (χ0n) is 24.4. The van der Waals surface area contributed by atoms with Crippen LogP contribution < -0.4 is 9.47 Å². The summed E-state index contributed by atoms with van der Waals surface area (Å²) in [5, 5.41) is 11.7. The van der Waals surface area contributed by atoms with Crippen molar-refractivity contribution in [2.24, 2.45) is 0 Å². The maximum absolute atomic E-state index is 9.84. The third kappa shape index (κ3) is 7.53. The van der Waals surface area contributed by atoms with Crippen LogP contribution in [0.1, 0.15) is 47.7 Å². The van der Waals surface area contributed by atoms with Gasteiger partial charge in [-0.25, -0.2) is 0 Å². The van der Waals surface area contributed by atoms with Crippen molar-refractivity contribution in [3.05, 3.63) is 94.1 Å². The molecule has 3 aromatic carbocycles. The molecule has 2 aliphatic heterocycles. The first-order valence-corrected chi connectivity index (χ1v) is 15.1. The van der Waals surface area contributed by atoms with Crippen molar-refractivity contribution in [3.63, 3.8) is 0 Å². The fraction of sp³-hybridized carbons (Fsp3) is 0.382. The molecule has 1 saturated heterocycles. The van der Waals surface area contributed by atoms with Crippen LogP contribution in [-0.2, 0) is 11.2 Å². The number of aliphatic hydroxyl groups excluding tert-OH is 1. The average Bonchev–Trinajstić information content (AvgIpc) is 3.36. The molecule has 0 radical (unpaired) electrons. The van der Waals surface area contributed by atoms with Crippen LogP contribution in [0.3, 0.4) is 0 Å². The van der Waals surface area contributed by atoms with Crippen LogP contribution in [0.4, 0.5) is 0 Å². The first kappa shape index (κ1) is 30.1. The Labute approximate surface area is 253 Å². The zero-order valence-corrected chi connectivity index (χ0v) is 25.1. The number of halogens is 1. The van der Waals surface area contributed by atoms with Crippen molar-refractivity contribution >= 4 is 29.0 Å². The number of H-pyrrole nitrogens is 1. The Morgan fingerprint density at radius 2 is 1.71 bits per heavy atom. The van der Waals surface area contributed by atoms with Gasteiger partial charge in [-0.15, -0.1) is 0 Å². The summed E-state index contributed by atoms with van der Waals surface area (Å²) in [5.74, 6) is 1.51. The number of benzene rings is 3. The second kappa shape index (κ2) is 14.2. The molecule has 222 valence electrons. The Morgan fingerprint density at radius 1 is 1.00 bits per heavy atom. The molecular formula is C34H40ClN3O4. The van der Waals surface area contributed by atoms with E-state index in [4.69, 9.17) is 16.3 Å². The van der Waals surface area contributed by atoms with Gasteiger partial charge in [0.1, 0.15) is 11.5 Å². The molecule has 0 amide bonds. The summed E-state index contributed by atoms with van der Waals surface area (Å²) in [7, 11) is 2.19. The number of rotatable bonds is 8. The minimum Gasteiger partial charge on any atom is -0.494 e. The van der Waals surface area contributed by atoms with Crippen molar-refractivity contribution in [2.75, 3.05) is 39.8 Å². The van der Waals surface area contributed by atoms with Crippen LogP contribution in [0, 0.1) is 6.92 Å². The van der Waals surface area contributed by atoms with Gasteiger partial charge >= 0.3 is 0 Å². The van der Waals surface area contributed by atoms with E-state index < -0.39 is 0 Å². The van der Waals surface area contributed by atoms with Crippen LogP contribution in [0.25, 0.3) is 10.9 Å². The van der Waals surface area contributed by atoms with E-state index in [0.717, 1.165) is 73.7 Å². The number of carbonyl (C=O) groups excluding carboxylic acids is 1. The zero-order chi connectivity index (χ0) is 29.5. The molecule has 42 heavy (non-hydrogen) atoms. The van der Waals surface area contributed by atoms with Gasteiger partial charge in [0, 0.05) is 47.8 Å². The smallest absolute Gasteiger partial charge is 0.298 e. The number of nitrogens with zero attached hydrogens (tertiary/aromatic N) is 2. The number of aromatic amines is 1. The monoisotopic (exact) mass is 589 g/mol. The minimum atomic E-state index is -0.109. The molecule has 8 heteroatoms. The summed E-state index contributed by atoms with van der Waals surface area (Å²) < 4.78 is 10.6. The molecule has 2 aliphatic rings. The number of piperidine rings is 1. The number of likely N-dealkylation sites (tertiary alicyclic amines) is 1. The average molecular weight is 590 g/mol. The third-order valence-corrected chi connectivity index (χ3v) is 8.41. The molecule has 0 saturated carbocycles. The Balaban J connectivity index is 0.000000300. The number of ether oxygens (including phenoxy) is 2. The topological polar surface area (TPSA) is 78.0 Å². The van der Waals surface area contributed by atoms with Crippen LogP contribution in [0.5, 0.6) is 11.5 Å². The van der Waals surface area contributed by atoms with E-state index in [9.17, 15) is 9.90 Å². The van der Waals surface area contributed by atoms with Crippen molar-refractivity contribution < 1.29 is 19.4 Å². The van der Waals surface area contributed by atoms with E-state index in [1.807, 2.05) is 25.1 Å². The highest BCUT2D eigenvalue weighted by atomic mass is 35.5. The van der Waals surface area contributed by atoms with Crippen molar-refractivity contribution in [1.82, 2.24) is 14.8 Å². The number of likely N-dealkylation sites (N-methyl/N-ethyl adjacent to an activating group) is 1. The van der Waals surface area contributed by atoms with Crippen LogP contribution in [0.2, 0.25) is 5.02 Å². The fourth-order valence-electron chi connectivity index (χ4n) is 5.84. The van der Waals surface area contributed by atoms with Crippen molar-refractivity contribution in [3.8, 4) is 11.5 Å². The number of hydrogen-bond acceptors (Lipinski definition) is 6. The van der Waals surface area contributed by atoms with E-state index >= 15 is 0 Å². The lowest BCUT2D eigenvalue weighted by Crippen LogP contribution is -2.36. The normalized spacial score (nSPS) is 17.8. The molecule has 1 unspecified atom stereocenters. The second-order valence-corrected chi connectivity index (χ2v) is 11.6. The molecule has 1 aromatic heterocycles. The predicted octanol–water partition coefficient (Wildman–Crippen LogP) is 6.15. The Hall–Kier alpha value is -3.36. The van der Waals surface area contributed by atoms with Gasteiger partial charge in [-0.3, -0.25) is 9.69 Å². The van der Waals surface area contributed by atoms with Crippen LogP contribution in [0.15, 0.2) is 66.7 Å². The number of aryl methyl sites for hydroxylation is 1. The molecule has 2 N–H and O–H groups in total. The van der Waals surface area contributed by atoms with Gasteiger partial charge in [-0.05, 0) is 93.2 Å². The highest BCUT2D eigenvalue weighted by Gasteiger charge is 2.29. The fourth-order valence-corrected chi connectivity index (χ4v) is 6.01. The van der Waals surface area contributed by atoms with Gasteiger partial charge in [0.25, 0.3) is 6.47 Å².